The molecule has 0 radical (unpaired) electrons. The predicted molar refractivity (Wildman–Crippen MR) is 116 cm³/mol. The van der Waals surface area contributed by atoms with Gasteiger partial charge < -0.3 is 9.13 Å². The summed E-state index contributed by atoms with van der Waals surface area (Å²) in [5, 5.41) is 6.45. The van der Waals surface area contributed by atoms with Crippen LogP contribution in [0.4, 0.5) is 0 Å². The summed E-state index contributed by atoms with van der Waals surface area (Å²) < 4.78 is 4.78. The molecule has 0 saturated heterocycles. The molecule has 2 atom stereocenters. The van der Waals surface area contributed by atoms with Crippen molar-refractivity contribution in [2.75, 3.05) is 0 Å². The predicted octanol–water partition coefficient (Wildman–Crippen LogP) is 4.84. The minimum Gasteiger partial charge on any atom is -0.332 e. The van der Waals surface area contributed by atoms with Gasteiger partial charge >= 0.3 is 0 Å². The molecule has 3 aromatic carbocycles. The molecule has 30 heavy (non-hydrogen) atoms. The summed E-state index contributed by atoms with van der Waals surface area (Å²) in [7, 11) is 0. The summed E-state index contributed by atoms with van der Waals surface area (Å²) in [5.74, 6) is -0.580. The standard InChI is InChI=1S/C25H15N3O2/c29-24-20-18-14-5-1-3-7-16(14)27-12-9-10-13(11-12)28-17-8-4-2-6-15(17)19(23(28)22(18)27)21(20)25(30)26-24/h1-10,12-13H,11H2,(H,26,29,30). The van der Waals surface area contributed by atoms with E-state index in [9.17, 15) is 9.59 Å². The summed E-state index contributed by atoms with van der Waals surface area (Å²) in [4.78, 5) is 26.1. The number of hydrogen-bond donors (Lipinski definition) is 1. The van der Waals surface area contributed by atoms with Gasteiger partial charge in [-0.3, -0.25) is 14.9 Å². The first-order valence-corrected chi connectivity index (χ1v) is 10.3. The number of benzene rings is 3. The summed E-state index contributed by atoms with van der Waals surface area (Å²) in [6, 6.07) is 17.0. The Hall–Kier alpha value is -3.86. The van der Waals surface area contributed by atoms with E-state index in [1.807, 2.05) is 24.3 Å². The number of fused-ring (bicyclic) bond motifs is 13. The number of allylic oxidation sites excluding steroid dienone is 2. The highest BCUT2D eigenvalue weighted by molar-refractivity contribution is 6.39. The second-order valence-corrected chi connectivity index (χ2v) is 8.51. The maximum Gasteiger partial charge on any atom is 0.259 e. The van der Waals surface area contributed by atoms with Crippen molar-refractivity contribution in [2.24, 2.45) is 0 Å². The minimum atomic E-state index is -0.290. The number of amides is 2. The van der Waals surface area contributed by atoms with Crippen LogP contribution in [0.3, 0.4) is 0 Å². The van der Waals surface area contributed by atoms with Crippen molar-refractivity contribution in [3.63, 3.8) is 0 Å². The Labute approximate surface area is 170 Å². The van der Waals surface area contributed by atoms with Crippen molar-refractivity contribution in [3.05, 3.63) is 71.8 Å². The zero-order valence-corrected chi connectivity index (χ0v) is 15.8. The largest absolute Gasteiger partial charge is 0.332 e. The molecule has 0 saturated carbocycles. The zero-order chi connectivity index (χ0) is 19.7. The lowest BCUT2D eigenvalue weighted by Crippen LogP contribution is -2.20. The third-order valence-electron chi connectivity index (χ3n) is 7.18. The molecule has 1 N–H and O–H groups in total. The van der Waals surface area contributed by atoms with Crippen LogP contribution in [0, 0.1) is 0 Å². The maximum atomic E-state index is 13.0. The monoisotopic (exact) mass is 389 g/mol. The number of para-hydroxylation sites is 2. The number of carbonyl (C=O) groups is 2. The summed E-state index contributed by atoms with van der Waals surface area (Å²) in [6.45, 7) is 0. The molecule has 2 bridgehead atoms. The van der Waals surface area contributed by atoms with E-state index in [2.05, 4.69) is 50.9 Å². The molecule has 5 aromatic rings. The van der Waals surface area contributed by atoms with Gasteiger partial charge in [0, 0.05) is 32.6 Å². The van der Waals surface area contributed by atoms with E-state index < -0.39 is 0 Å². The van der Waals surface area contributed by atoms with E-state index in [0.717, 1.165) is 50.0 Å². The molecule has 0 spiro atoms. The van der Waals surface area contributed by atoms with E-state index in [4.69, 9.17) is 0 Å². The average molecular weight is 389 g/mol. The molecule has 2 aromatic heterocycles. The Kier molecular flexibility index (Phi) is 2.33. The summed E-state index contributed by atoms with van der Waals surface area (Å²) >= 11 is 0. The van der Waals surface area contributed by atoms with Crippen molar-refractivity contribution in [1.82, 2.24) is 14.5 Å². The molecule has 3 aliphatic rings. The van der Waals surface area contributed by atoms with E-state index in [1.165, 1.54) is 0 Å². The summed E-state index contributed by atoms with van der Waals surface area (Å²) in [6.07, 6.45) is 5.55. The number of carbonyl (C=O) groups excluding carboxylic acids is 2. The van der Waals surface area contributed by atoms with Gasteiger partial charge in [0.25, 0.3) is 11.8 Å². The van der Waals surface area contributed by atoms with Crippen LogP contribution in [0.25, 0.3) is 43.6 Å². The van der Waals surface area contributed by atoms with Gasteiger partial charge in [0.05, 0.1) is 34.2 Å². The molecule has 1 aliphatic carbocycles. The molecular weight excluding hydrogens is 374 g/mol. The first-order chi connectivity index (χ1) is 14.7. The average Bonchev–Trinajstić information content (AvgIpc) is 3.46. The number of hydrogen-bond acceptors (Lipinski definition) is 2. The Bertz CT molecular complexity index is 1580. The van der Waals surface area contributed by atoms with Gasteiger partial charge in [0.15, 0.2) is 0 Å². The van der Waals surface area contributed by atoms with Crippen LogP contribution in [0.2, 0.25) is 0 Å². The van der Waals surface area contributed by atoms with Crippen LogP contribution in [0.5, 0.6) is 0 Å². The van der Waals surface area contributed by atoms with Gasteiger partial charge in [-0.15, -0.1) is 0 Å². The molecule has 2 aliphatic heterocycles. The Morgan fingerprint density at radius 1 is 0.700 bits per heavy atom. The minimum absolute atomic E-state index is 0.234. The highest BCUT2D eigenvalue weighted by Gasteiger charge is 2.40. The highest BCUT2D eigenvalue weighted by Crippen LogP contribution is 2.51. The topological polar surface area (TPSA) is 56.0 Å². The van der Waals surface area contributed by atoms with Crippen molar-refractivity contribution in [1.29, 1.82) is 0 Å². The quantitative estimate of drug-likeness (QED) is 0.304. The molecule has 142 valence electrons. The van der Waals surface area contributed by atoms with Crippen LogP contribution >= 0.6 is 0 Å². The van der Waals surface area contributed by atoms with E-state index >= 15 is 0 Å². The third kappa shape index (κ3) is 1.43. The van der Waals surface area contributed by atoms with Gasteiger partial charge in [-0.1, -0.05) is 48.6 Å². The van der Waals surface area contributed by atoms with E-state index in [-0.39, 0.29) is 23.9 Å². The van der Waals surface area contributed by atoms with Crippen molar-refractivity contribution >= 4 is 55.4 Å². The molecule has 4 heterocycles. The SMILES string of the molecule is O=C1NC(=O)c2c1c1c3ccccc3n3c1c1c2c2ccccc2n1C1C=CC3C1. The van der Waals surface area contributed by atoms with Gasteiger partial charge in [-0.2, -0.15) is 0 Å². The Morgan fingerprint density at radius 3 is 1.67 bits per heavy atom. The second kappa shape index (κ2) is 4.65. The Balaban J connectivity index is 1.84. The van der Waals surface area contributed by atoms with Crippen LogP contribution in [0.1, 0.15) is 39.2 Å². The number of aromatic nitrogens is 2. The van der Waals surface area contributed by atoms with Crippen LogP contribution in [0.15, 0.2) is 60.7 Å². The van der Waals surface area contributed by atoms with Gasteiger partial charge in [0.1, 0.15) is 0 Å². The molecular formula is C25H15N3O2. The fourth-order valence-corrected chi connectivity index (χ4v) is 6.16. The third-order valence-corrected chi connectivity index (χ3v) is 7.18. The van der Waals surface area contributed by atoms with Crippen LogP contribution in [-0.4, -0.2) is 20.9 Å². The van der Waals surface area contributed by atoms with Gasteiger partial charge in [-0.05, 0) is 18.6 Å². The van der Waals surface area contributed by atoms with E-state index in [1.54, 1.807) is 0 Å². The second-order valence-electron chi connectivity index (χ2n) is 8.51. The number of nitrogens with zero attached hydrogens (tertiary/aromatic N) is 2. The van der Waals surface area contributed by atoms with Crippen LogP contribution < -0.4 is 5.32 Å². The fraction of sp³-hybridized carbons (Fsp3) is 0.120. The molecule has 2 amide bonds. The van der Waals surface area contributed by atoms with Crippen molar-refractivity contribution < 1.29 is 9.59 Å². The fourth-order valence-electron chi connectivity index (χ4n) is 6.16. The highest BCUT2D eigenvalue weighted by atomic mass is 16.2. The molecule has 2 unspecified atom stereocenters. The first kappa shape index (κ1) is 15.0. The van der Waals surface area contributed by atoms with Crippen molar-refractivity contribution in [2.45, 2.75) is 18.5 Å². The molecule has 5 heteroatoms. The van der Waals surface area contributed by atoms with Crippen molar-refractivity contribution in [3.8, 4) is 0 Å². The lowest BCUT2D eigenvalue weighted by atomic mass is 9.96. The number of rotatable bonds is 0. The molecule has 5 nitrogen and oxygen atoms in total. The van der Waals surface area contributed by atoms with Gasteiger partial charge in [0.2, 0.25) is 0 Å². The van der Waals surface area contributed by atoms with E-state index in [0.29, 0.717) is 11.1 Å². The normalized spacial score (nSPS) is 21.5. The first-order valence-electron chi connectivity index (χ1n) is 10.3. The molecule has 8 rings (SSSR count). The zero-order valence-electron chi connectivity index (χ0n) is 15.8. The lowest BCUT2D eigenvalue weighted by Gasteiger charge is -2.14. The smallest absolute Gasteiger partial charge is 0.259 e. The molecule has 0 fully saturated rings. The summed E-state index contributed by atoms with van der Waals surface area (Å²) in [5.41, 5.74) is 5.43. The Morgan fingerprint density at radius 2 is 1.17 bits per heavy atom. The van der Waals surface area contributed by atoms with Crippen LogP contribution in [-0.2, 0) is 0 Å². The lowest BCUT2D eigenvalue weighted by molar-refractivity contribution is 0.0880. The van der Waals surface area contributed by atoms with Gasteiger partial charge in [-0.25, -0.2) is 0 Å². The number of nitrogens with one attached hydrogen (secondary N) is 1. The maximum absolute atomic E-state index is 13.0. The number of imide groups is 1.